The average molecular weight is 300 g/mol. The van der Waals surface area contributed by atoms with Crippen LogP contribution in [0.2, 0.25) is 0 Å². The molecule has 8 nitrogen and oxygen atoms in total. The third-order valence-electron chi connectivity index (χ3n) is 3.45. The molecular formula is C14H8N2O6. The van der Waals surface area contributed by atoms with Gasteiger partial charge in [-0.3, -0.25) is 20.2 Å². The van der Waals surface area contributed by atoms with Crippen molar-refractivity contribution in [1.82, 2.24) is 0 Å². The number of hydrogen-bond acceptors (Lipinski definition) is 6. The summed E-state index contributed by atoms with van der Waals surface area (Å²) in [5, 5.41) is 42.3. The van der Waals surface area contributed by atoms with Crippen molar-refractivity contribution in [2.24, 2.45) is 0 Å². The van der Waals surface area contributed by atoms with E-state index >= 15 is 0 Å². The standard InChI is InChI=1S/C14H8N2O6/c17-13-3-1-11(15(19)20)7-5-10-8(6-9(7)13)12(16(21)22)2-4-14(10)18/h1-6,17-18H. The van der Waals surface area contributed by atoms with Gasteiger partial charge in [0.25, 0.3) is 11.4 Å². The third kappa shape index (κ3) is 1.85. The molecule has 0 atom stereocenters. The smallest absolute Gasteiger partial charge is 0.277 e. The van der Waals surface area contributed by atoms with Gasteiger partial charge in [-0.25, -0.2) is 0 Å². The van der Waals surface area contributed by atoms with Crippen molar-refractivity contribution in [2.45, 2.75) is 0 Å². The number of nitro benzene ring substituents is 2. The van der Waals surface area contributed by atoms with Crippen molar-refractivity contribution in [3.05, 3.63) is 56.6 Å². The fourth-order valence-corrected chi connectivity index (χ4v) is 2.44. The molecule has 0 radical (unpaired) electrons. The van der Waals surface area contributed by atoms with Crippen LogP contribution in [0, 0.1) is 20.2 Å². The summed E-state index contributed by atoms with van der Waals surface area (Å²) in [6.07, 6.45) is 0. The monoisotopic (exact) mass is 300 g/mol. The fourth-order valence-electron chi connectivity index (χ4n) is 2.44. The molecule has 0 saturated heterocycles. The number of fused-ring (bicyclic) bond motifs is 2. The van der Waals surface area contributed by atoms with Crippen LogP contribution in [0.3, 0.4) is 0 Å². The number of phenols is 2. The van der Waals surface area contributed by atoms with E-state index in [0.29, 0.717) is 0 Å². The molecule has 0 spiro atoms. The van der Waals surface area contributed by atoms with E-state index < -0.39 is 9.85 Å². The summed E-state index contributed by atoms with van der Waals surface area (Å²) in [4.78, 5) is 20.9. The maximum atomic E-state index is 11.1. The summed E-state index contributed by atoms with van der Waals surface area (Å²) >= 11 is 0. The number of non-ortho nitro benzene ring substituents is 2. The van der Waals surface area contributed by atoms with Gasteiger partial charge in [-0.1, -0.05) is 0 Å². The molecular weight excluding hydrogens is 292 g/mol. The SMILES string of the molecule is O=[N+]([O-])c1ccc(O)c2cc3c([N+](=O)[O-])ccc(O)c3cc12. The highest BCUT2D eigenvalue weighted by molar-refractivity contribution is 6.09. The Balaban J connectivity index is 2.56. The summed E-state index contributed by atoms with van der Waals surface area (Å²) in [5.41, 5.74) is -0.527. The van der Waals surface area contributed by atoms with Gasteiger partial charge in [-0.05, 0) is 24.3 Å². The molecule has 0 saturated carbocycles. The van der Waals surface area contributed by atoms with Crippen LogP contribution >= 0.6 is 0 Å². The highest BCUT2D eigenvalue weighted by atomic mass is 16.6. The second-order valence-corrected chi connectivity index (χ2v) is 4.67. The van der Waals surface area contributed by atoms with Crippen molar-refractivity contribution in [3.63, 3.8) is 0 Å². The molecule has 0 aromatic heterocycles. The van der Waals surface area contributed by atoms with Crippen molar-refractivity contribution in [2.75, 3.05) is 0 Å². The summed E-state index contributed by atoms with van der Waals surface area (Å²) in [7, 11) is 0. The van der Waals surface area contributed by atoms with E-state index in [1.165, 1.54) is 12.1 Å². The highest BCUT2D eigenvalue weighted by Gasteiger charge is 2.20. The first-order chi connectivity index (χ1) is 10.4. The Morgan fingerprint density at radius 2 is 1.05 bits per heavy atom. The predicted octanol–water partition coefficient (Wildman–Crippen LogP) is 3.22. The second kappa shape index (κ2) is 4.55. The molecule has 3 aromatic carbocycles. The van der Waals surface area contributed by atoms with Crippen molar-refractivity contribution in [1.29, 1.82) is 0 Å². The Labute approximate surface area is 122 Å². The van der Waals surface area contributed by atoms with Crippen LogP contribution in [0.25, 0.3) is 21.5 Å². The molecule has 0 aliphatic heterocycles. The van der Waals surface area contributed by atoms with Crippen LogP contribution in [0.4, 0.5) is 11.4 Å². The molecule has 0 aliphatic rings. The van der Waals surface area contributed by atoms with Gasteiger partial charge in [-0.2, -0.15) is 0 Å². The quantitative estimate of drug-likeness (QED) is 0.425. The largest absolute Gasteiger partial charge is 0.507 e. The average Bonchev–Trinajstić information content (AvgIpc) is 2.46. The number of benzene rings is 3. The van der Waals surface area contributed by atoms with Gasteiger partial charge in [-0.15, -0.1) is 0 Å². The van der Waals surface area contributed by atoms with E-state index in [1.54, 1.807) is 0 Å². The number of nitrogens with zero attached hydrogens (tertiary/aromatic N) is 2. The first kappa shape index (κ1) is 13.6. The Bertz CT molecular complexity index is 887. The zero-order valence-corrected chi connectivity index (χ0v) is 10.9. The fraction of sp³-hybridized carbons (Fsp3) is 0. The molecule has 110 valence electrons. The van der Waals surface area contributed by atoms with Gasteiger partial charge in [0.2, 0.25) is 0 Å². The number of hydrogen-bond donors (Lipinski definition) is 2. The van der Waals surface area contributed by atoms with Crippen LogP contribution in [0.15, 0.2) is 36.4 Å². The van der Waals surface area contributed by atoms with Crippen molar-refractivity contribution < 1.29 is 20.1 Å². The Kier molecular flexibility index (Phi) is 2.81. The van der Waals surface area contributed by atoms with Gasteiger partial charge < -0.3 is 10.2 Å². The summed E-state index contributed by atoms with van der Waals surface area (Å²) < 4.78 is 0. The summed E-state index contributed by atoms with van der Waals surface area (Å²) in [5.74, 6) is -0.472. The van der Waals surface area contributed by atoms with Gasteiger partial charge in [0.15, 0.2) is 0 Å². The number of nitro groups is 2. The first-order valence-electron chi connectivity index (χ1n) is 6.10. The van der Waals surface area contributed by atoms with Crippen LogP contribution in [-0.4, -0.2) is 20.1 Å². The third-order valence-corrected chi connectivity index (χ3v) is 3.45. The normalized spacial score (nSPS) is 10.9. The minimum atomic E-state index is -0.623. The molecule has 0 fully saturated rings. The van der Waals surface area contributed by atoms with Gasteiger partial charge in [0.05, 0.1) is 20.6 Å². The molecule has 0 amide bonds. The first-order valence-corrected chi connectivity index (χ1v) is 6.10. The molecule has 0 aliphatic carbocycles. The van der Waals surface area contributed by atoms with E-state index in [4.69, 9.17) is 0 Å². The van der Waals surface area contributed by atoms with E-state index in [2.05, 4.69) is 0 Å². The maximum Gasteiger partial charge on any atom is 0.277 e. The summed E-state index contributed by atoms with van der Waals surface area (Å²) in [6.45, 7) is 0. The molecule has 8 heteroatoms. The molecule has 0 heterocycles. The molecule has 3 aromatic rings. The molecule has 0 unspecified atom stereocenters. The zero-order valence-electron chi connectivity index (χ0n) is 10.9. The maximum absolute atomic E-state index is 11.1. The lowest BCUT2D eigenvalue weighted by Gasteiger charge is -2.07. The zero-order chi connectivity index (χ0) is 16.0. The lowest BCUT2D eigenvalue weighted by molar-refractivity contribution is -0.383. The molecule has 0 bridgehead atoms. The lowest BCUT2D eigenvalue weighted by atomic mass is 10.00. The number of rotatable bonds is 2. The Morgan fingerprint density at radius 1 is 0.682 bits per heavy atom. The van der Waals surface area contributed by atoms with E-state index in [-0.39, 0.29) is 44.4 Å². The van der Waals surface area contributed by atoms with E-state index in [9.17, 15) is 30.4 Å². The van der Waals surface area contributed by atoms with Crippen LogP contribution in [0.5, 0.6) is 11.5 Å². The minimum Gasteiger partial charge on any atom is -0.507 e. The van der Waals surface area contributed by atoms with Crippen LogP contribution < -0.4 is 0 Å². The second-order valence-electron chi connectivity index (χ2n) is 4.67. The van der Waals surface area contributed by atoms with Crippen molar-refractivity contribution >= 4 is 32.9 Å². The van der Waals surface area contributed by atoms with E-state index in [0.717, 1.165) is 24.3 Å². The van der Waals surface area contributed by atoms with Gasteiger partial charge in [0, 0.05) is 22.9 Å². The van der Waals surface area contributed by atoms with Gasteiger partial charge in [0.1, 0.15) is 11.5 Å². The number of aromatic hydroxyl groups is 2. The predicted molar refractivity (Wildman–Crippen MR) is 78.1 cm³/mol. The Hall–Kier alpha value is -3.42. The molecule has 2 N–H and O–H groups in total. The van der Waals surface area contributed by atoms with Crippen molar-refractivity contribution in [3.8, 4) is 11.5 Å². The highest BCUT2D eigenvalue weighted by Crippen LogP contribution is 2.40. The minimum absolute atomic E-state index is 0.0910. The molecule has 3 rings (SSSR count). The van der Waals surface area contributed by atoms with Gasteiger partial charge >= 0.3 is 0 Å². The lowest BCUT2D eigenvalue weighted by Crippen LogP contribution is -1.92. The van der Waals surface area contributed by atoms with Crippen LogP contribution in [0.1, 0.15) is 0 Å². The molecule has 22 heavy (non-hydrogen) atoms. The summed E-state index contributed by atoms with van der Waals surface area (Å²) in [6, 6.07) is 7.12. The van der Waals surface area contributed by atoms with E-state index in [1.807, 2.05) is 0 Å². The number of phenolic OH excluding ortho intramolecular Hbond substituents is 2. The Morgan fingerprint density at radius 3 is 1.36 bits per heavy atom. The van der Waals surface area contributed by atoms with Crippen LogP contribution in [-0.2, 0) is 0 Å². The topological polar surface area (TPSA) is 127 Å².